The smallest absolute Gasteiger partial charge is 0.322 e. The molecule has 0 atom stereocenters. The summed E-state index contributed by atoms with van der Waals surface area (Å²) < 4.78 is 5.82. The van der Waals surface area contributed by atoms with Crippen molar-refractivity contribution in [3.05, 3.63) is 41.4 Å². The van der Waals surface area contributed by atoms with Crippen molar-refractivity contribution in [3.8, 4) is 11.3 Å². The van der Waals surface area contributed by atoms with Crippen LogP contribution in [0.4, 0.5) is 4.79 Å². The molecule has 4 amide bonds. The lowest BCUT2D eigenvalue weighted by Gasteiger charge is -2.37. The van der Waals surface area contributed by atoms with Gasteiger partial charge in [-0.2, -0.15) is 0 Å². The number of nitrogens with zero attached hydrogens (tertiary/aromatic N) is 2. The number of benzene rings is 1. The van der Waals surface area contributed by atoms with E-state index in [1.807, 2.05) is 12.1 Å². The van der Waals surface area contributed by atoms with E-state index in [1.54, 1.807) is 11.1 Å². The van der Waals surface area contributed by atoms with Crippen LogP contribution >= 0.6 is 0 Å². The number of piperidine rings is 1. The van der Waals surface area contributed by atoms with Gasteiger partial charge in [-0.15, -0.1) is 0 Å². The molecule has 2 N–H and O–H groups in total. The first kappa shape index (κ1) is 19.2. The number of rotatable bonds is 4. The molecule has 8 nitrogen and oxygen atoms in total. The van der Waals surface area contributed by atoms with Gasteiger partial charge >= 0.3 is 6.03 Å². The third-order valence-corrected chi connectivity index (χ3v) is 5.88. The van der Waals surface area contributed by atoms with Gasteiger partial charge in [0.25, 0.3) is 5.91 Å². The third-order valence-electron chi connectivity index (χ3n) is 5.88. The zero-order valence-corrected chi connectivity index (χ0v) is 16.6. The lowest BCUT2D eigenvalue weighted by molar-refractivity contribution is -0.135. The van der Waals surface area contributed by atoms with E-state index in [0.29, 0.717) is 50.4 Å². The molecule has 0 bridgehead atoms. The first-order valence-electron chi connectivity index (χ1n) is 9.80. The Bertz CT molecular complexity index is 973. The summed E-state index contributed by atoms with van der Waals surface area (Å²) in [5.41, 5.74) is 2.51. The maximum atomic E-state index is 12.5. The van der Waals surface area contributed by atoms with Crippen LogP contribution in [0.1, 0.15) is 36.3 Å². The fourth-order valence-electron chi connectivity index (χ4n) is 3.84. The zero-order chi connectivity index (χ0) is 20.6. The molecule has 2 aliphatic heterocycles. The maximum absolute atomic E-state index is 12.5. The summed E-state index contributed by atoms with van der Waals surface area (Å²) in [6.45, 7) is 4.99. The lowest BCUT2D eigenvalue weighted by Crippen LogP contribution is -2.55. The van der Waals surface area contributed by atoms with Gasteiger partial charge in [0.05, 0.1) is 6.20 Å². The molecule has 0 unspecified atom stereocenters. The summed E-state index contributed by atoms with van der Waals surface area (Å²) in [7, 11) is 0. The SMILES string of the molecule is Cc1ccc(-c2cnc(CCC(=O)N3CCC4(CC3)NC(=O)NC4=O)o2)cc1C. The Labute approximate surface area is 168 Å². The predicted octanol–water partition coefficient (Wildman–Crippen LogP) is 2.09. The number of hydrogen-bond acceptors (Lipinski definition) is 5. The molecule has 1 spiro atoms. The molecule has 152 valence electrons. The average Bonchev–Trinajstić information content (AvgIpc) is 3.27. The molecule has 2 saturated heterocycles. The number of urea groups is 1. The van der Waals surface area contributed by atoms with Crippen LogP contribution in [0, 0.1) is 13.8 Å². The Morgan fingerprint density at radius 1 is 1.21 bits per heavy atom. The van der Waals surface area contributed by atoms with Crippen LogP contribution in [-0.4, -0.2) is 46.4 Å². The number of likely N-dealkylation sites (tertiary alicyclic amines) is 1. The van der Waals surface area contributed by atoms with Gasteiger partial charge in [0, 0.05) is 31.5 Å². The van der Waals surface area contributed by atoms with Crippen molar-refractivity contribution in [1.29, 1.82) is 0 Å². The van der Waals surface area contributed by atoms with Gasteiger partial charge in [0.15, 0.2) is 11.7 Å². The van der Waals surface area contributed by atoms with E-state index < -0.39 is 11.6 Å². The van der Waals surface area contributed by atoms with Gasteiger partial charge < -0.3 is 14.6 Å². The van der Waals surface area contributed by atoms with Gasteiger partial charge in [0.2, 0.25) is 5.91 Å². The van der Waals surface area contributed by atoms with Crippen molar-refractivity contribution >= 4 is 17.8 Å². The van der Waals surface area contributed by atoms with Crippen LogP contribution in [-0.2, 0) is 16.0 Å². The number of aryl methyl sites for hydroxylation is 3. The van der Waals surface area contributed by atoms with Gasteiger partial charge in [-0.1, -0.05) is 12.1 Å². The molecule has 8 heteroatoms. The first-order valence-corrected chi connectivity index (χ1v) is 9.80. The van der Waals surface area contributed by atoms with E-state index in [4.69, 9.17) is 4.42 Å². The molecule has 29 heavy (non-hydrogen) atoms. The Balaban J connectivity index is 1.31. The van der Waals surface area contributed by atoms with Crippen molar-refractivity contribution < 1.29 is 18.8 Å². The summed E-state index contributed by atoms with van der Waals surface area (Å²) in [5.74, 6) is 0.921. The highest BCUT2D eigenvalue weighted by atomic mass is 16.4. The number of imide groups is 1. The largest absolute Gasteiger partial charge is 0.441 e. The molecule has 2 aliphatic rings. The first-order chi connectivity index (χ1) is 13.9. The van der Waals surface area contributed by atoms with Crippen molar-refractivity contribution in [2.45, 2.75) is 45.1 Å². The number of carbonyl (C=O) groups excluding carboxylic acids is 3. The number of hydrogen-bond donors (Lipinski definition) is 2. The number of oxazole rings is 1. The van der Waals surface area contributed by atoms with Crippen LogP contribution in [0.5, 0.6) is 0 Å². The summed E-state index contributed by atoms with van der Waals surface area (Å²) in [5, 5.41) is 4.98. The van der Waals surface area contributed by atoms with Crippen molar-refractivity contribution in [1.82, 2.24) is 20.5 Å². The summed E-state index contributed by atoms with van der Waals surface area (Å²) in [6, 6.07) is 5.65. The fourth-order valence-corrected chi connectivity index (χ4v) is 3.84. The third kappa shape index (κ3) is 3.74. The topological polar surface area (TPSA) is 105 Å². The van der Waals surface area contributed by atoms with E-state index in [0.717, 1.165) is 5.56 Å². The van der Waals surface area contributed by atoms with Crippen LogP contribution < -0.4 is 10.6 Å². The Morgan fingerprint density at radius 3 is 2.62 bits per heavy atom. The van der Waals surface area contributed by atoms with Crippen molar-refractivity contribution in [2.24, 2.45) is 0 Å². The lowest BCUT2D eigenvalue weighted by atomic mass is 9.87. The highest BCUT2D eigenvalue weighted by Crippen LogP contribution is 2.26. The van der Waals surface area contributed by atoms with Gasteiger partial charge in [-0.3, -0.25) is 14.9 Å². The van der Waals surface area contributed by atoms with E-state index in [-0.39, 0.29) is 11.8 Å². The molecule has 0 radical (unpaired) electrons. The predicted molar refractivity (Wildman–Crippen MR) is 105 cm³/mol. The molecule has 4 rings (SSSR count). The quantitative estimate of drug-likeness (QED) is 0.770. The minimum absolute atomic E-state index is 0.00416. The second kappa shape index (κ2) is 7.35. The van der Waals surface area contributed by atoms with Crippen LogP contribution in [0.3, 0.4) is 0 Å². The Morgan fingerprint density at radius 2 is 1.97 bits per heavy atom. The maximum Gasteiger partial charge on any atom is 0.322 e. The van der Waals surface area contributed by atoms with E-state index in [9.17, 15) is 14.4 Å². The number of amides is 4. The van der Waals surface area contributed by atoms with Crippen LogP contribution in [0.2, 0.25) is 0 Å². The molecular formula is C21H24N4O4. The number of carbonyl (C=O) groups is 3. The number of aromatic nitrogens is 1. The zero-order valence-electron chi connectivity index (χ0n) is 16.6. The van der Waals surface area contributed by atoms with E-state index in [1.165, 1.54) is 11.1 Å². The molecular weight excluding hydrogens is 372 g/mol. The molecule has 2 aromatic rings. The van der Waals surface area contributed by atoms with Crippen molar-refractivity contribution in [3.63, 3.8) is 0 Å². The van der Waals surface area contributed by atoms with Crippen LogP contribution in [0.15, 0.2) is 28.8 Å². The molecule has 2 fully saturated rings. The minimum Gasteiger partial charge on any atom is -0.441 e. The molecule has 3 heterocycles. The molecule has 0 saturated carbocycles. The second-order valence-electron chi connectivity index (χ2n) is 7.79. The average molecular weight is 396 g/mol. The van der Waals surface area contributed by atoms with Gasteiger partial charge in [-0.05, 0) is 43.9 Å². The minimum atomic E-state index is -0.864. The Hall–Kier alpha value is -3.16. The van der Waals surface area contributed by atoms with E-state index in [2.05, 4.69) is 35.5 Å². The standard InChI is InChI=1S/C21H24N4O4/c1-13-3-4-15(11-14(13)2)16-12-22-17(29-16)5-6-18(26)25-9-7-21(8-10-25)19(27)23-20(28)24-21/h3-4,11-12H,5-10H2,1-2H3,(H2,23,24,27,28). The highest BCUT2D eigenvalue weighted by Gasteiger charge is 2.48. The number of nitrogens with one attached hydrogen (secondary N) is 2. The van der Waals surface area contributed by atoms with Crippen LogP contribution in [0.25, 0.3) is 11.3 Å². The molecule has 1 aromatic heterocycles. The highest BCUT2D eigenvalue weighted by molar-refractivity contribution is 6.07. The molecule has 1 aromatic carbocycles. The summed E-state index contributed by atoms with van der Waals surface area (Å²) in [6.07, 6.45) is 3.25. The van der Waals surface area contributed by atoms with E-state index >= 15 is 0 Å². The van der Waals surface area contributed by atoms with Gasteiger partial charge in [-0.25, -0.2) is 9.78 Å². The van der Waals surface area contributed by atoms with Crippen molar-refractivity contribution in [2.75, 3.05) is 13.1 Å². The van der Waals surface area contributed by atoms with Gasteiger partial charge in [0.1, 0.15) is 5.54 Å². The second-order valence-corrected chi connectivity index (χ2v) is 7.79. The summed E-state index contributed by atoms with van der Waals surface area (Å²) >= 11 is 0. The fraction of sp³-hybridized carbons (Fsp3) is 0.429. The Kier molecular flexibility index (Phi) is 4.86. The normalized spacial score (nSPS) is 18.1. The monoisotopic (exact) mass is 396 g/mol. The molecule has 0 aliphatic carbocycles. The summed E-state index contributed by atoms with van der Waals surface area (Å²) in [4.78, 5) is 42.0.